The van der Waals surface area contributed by atoms with E-state index in [0.717, 1.165) is 19.3 Å². The van der Waals surface area contributed by atoms with Gasteiger partial charge >= 0.3 is 11.9 Å². The van der Waals surface area contributed by atoms with E-state index >= 15 is 0 Å². The highest BCUT2D eigenvalue weighted by Gasteiger charge is 2.44. The molecule has 10 heteroatoms. The Morgan fingerprint density at radius 2 is 1.26 bits per heavy atom. The highest BCUT2D eigenvalue weighted by atomic mass is 16.7. The Labute approximate surface area is 234 Å². The van der Waals surface area contributed by atoms with Crippen molar-refractivity contribution < 1.29 is 49.0 Å². The predicted octanol–water partition coefficient (Wildman–Crippen LogP) is 3.54. The molecule has 0 saturated carbocycles. The number of esters is 2. The van der Waals surface area contributed by atoms with Crippen molar-refractivity contribution in [3.05, 3.63) is 0 Å². The van der Waals surface area contributed by atoms with Crippen LogP contribution in [0.5, 0.6) is 0 Å². The number of carbonyl (C=O) groups excluding carboxylic acids is 2. The summed E-state index contributed by atoms with van der Waals surface area (Å²) in [4.78, 5) is 24.2. The van der Waals surface area contributed by atoms with E-state index in [2.05, 4.69) is 6.92 Å². The molecule has 0 aliphatic carbocycles. The fourth-order valence-electron chi connectivity index (χ4n) is 4.52. The van der Waals surface area contributed by atoms with Crippen LogP contribution in [0.25, 0.3) is 0 Å². The summed E-state index contributed by atoms with van der Waals surface area (Å²) in [5, 5.41) is 39.3. The Hall–Kier alpha value is -1.30. The third-order valence-electron chi connectivity index (χ3n) is 6.96. The zero-order valence-corrected chi connectivity index (χ0v) is 24.1. The van der Waals surface area contributed by atoms with Gasteiger partial charge in [0.2, 0.25) is 0 Å². The van der Waals surface area contributed by atoms with Crippen molar-refractivity contribution in [3.8, 4) is 0 Å². The summed E-state index contributed by atoms with van der Waals surface area (Å²) in [5.74, 6) is -0.866. The van der Waals surface area contributed by atoms with Gasteiger partial charge in [0, 0.05) is 12.8 Å². The Morgan fingerprint density at radius 3 is 1.79 bits per heavy atom. The number of rotatable bonds is 23. The van der Waals surface area contributed by atoms with Gasteiger partial charge in [-0.1, -0.05) is 90.9 Å². The molecule has 0 spiro atoms. The predicted molar refractivity (Wildman–Crippen MR) is 146 cm³/mol. The number of carbonyl (C=O) groups is 2. The molecule has 0 aromatic rings. The number of hydrogen-bond acceptors (Lipinski definition) is 10. The number of unbranched alkanes of at least 4 members (excludes halogenated alkanes) is 12. The molecule has 1 aliphatic heterocycles. The van der Waals surface area contributed by atoms with E-state index in [9.17, 15) is 30.0 Å². The molecule has 1 heterocycles. The molecule has 10 nitrogen and oxygen atoms in total. The molecular formula is C29H54O10. The topological polar surface area (TPSA) is 152 Å². The van der Waals surface area contributed by atoms with Gasteiger partial charge in [-0.05, 0) is 12.8 Å². The third-order valence-corrected chi connectivity index (χ3v) is 6.96. The molecule has 1 fully saturated rings. The van der Waals surface area contributed by atoms with Gasteiger partial charge in [0.05, 0.1) is 13.2 Å². The van der Waals surface area contributed by atoms with Gasteiger partial charge in [-0.2, -0.15) is 0 Å². The summed E-state index contributed by atoms with van der Waals surface area (Å²) in [5.41, 5.74) is 0. The maximum atomic E-state index is 12.4. The van der Waals surface area contributed by atoms with Crippen molar-refractivity contribution in [2.75, 3.05) is 19.8 Å². The summed E-state index contributed by atoms with van der Waals surface area (Å²) < 4.78 is 21.5. The zero-order chi connectivity index (χ0) is 28.9. The SMILES string of the molecule is CCCCCCCCCCCCCCCC(=O)O[C@H](COC(=O)CCC)CO[C@@H]1O[C@H](CO)[C@H](O)[C@H](O)[C@H]1O. The van der Waals surface area contributed by atoms with Crippen LogP contribution in [0.3, 0.4) is 0 Å². The first-order valence-corrected chi connectivity index (χ1v) is 15.1. The summed E-state index contributed by atoms with van der Waals surface area (Å²) in [6.07, 6.45) is 8.65. The van der Waals surface area contributed by atoms with E-state index in [0.29, 0.717) is 12.8 Å². The maximum Gasteiger partial charge on any atom is 0.306 e. The second-order valence-corrected chi connectivity index (χ2v) is 10.6. The van der Waals surface area contributed by atoms with Crippen LogP contribution < -0.4 is 0 Å². The van der Waals surface area contributed by atoms with Gasteiger partial charge in [0.25, 0.3) is 0 Å². The fourth-order valence-corrected chi connectivity index (χ4v) is 4.52. The Morgan fingerprint density at radius 1 is 0.692 bits per heavy atom. The van der Waals surface area contributed by atoms with Gasteiger partial charge < -0.3 is 39.4 Å². The van der Waals surface area contributed by atoms with Crippen molar-refractivity contribution >= 4 is 11.9 Å². The number of aliphatic hydroxyl groups is 4. The lowest BCUT2D eigenvalue weighted by atomic mass is 9.99. The van der Waals surface area contributed by atoms with Crippen molar-refractivity contribution in [1.29, 1.82) is 0 Å². The van der Waals surface area contributed by atoms with Crippen LogP contribution in [-0.4, -0.2) is 89.0 Å². The first-order valence-electron chi connectivity index (χ1n) is 15.1. The summed E-state index contributed by atoms with van der Waals surface area (Å²) in [7, 11) is 0. The van der Waals surface area contributed by atoms with E-state index in [4.69, 9.17) is 18.9 Å². The molecule has 0 bridgehead atoms. The molecule has 1 aliphatic rings. The maximum absolute atomic E-state index is 12.4. The number of ether oxygens (including phenoxy) is 4. The lowest BCUT2D eigenvalue weighted by molar-refractivity contribution is -0.305. The molecule has 39 heavy (non-hydrogen) atoms. The van der Waals surface area contributed by atoms with Crippen molar-refractivity contribution in [2.45, 2.75) is 153 Å². The highest BCUT2D eigenvalue weighted by molar-refractivity contribution is 5.70. The van der Waals surface area contributed by atoms with E-state index in [-0.39, 0.29) is 26.1 Å². The highest BCUT2D eigenvalue weighted by Crippen LogP contribution is 2.22. The van der Waals surface area contributed by atoms with Gasteiger partial charge in [-0.15, -0.1) is 0 Å². The van der Waals surface area contributed by atoms with Crippen LogP contribution in [0.2, 0.25) is 0 Å². The molecule has 1 saturated heterocycles. The van der Waals surface area contributed by atoms with E-state index in [1.165, 1.54) is 57.8 Å². The molecule has 0 amide bonds. The van der Waals surface area contributed by atoms with E-state index in [1.807, 2.05) is 6.92 Å². The van der Waals surface area contributed by atoms with Gasteiger partial charge in [0.1, 0.15) is 31.0 Å². The fraction of sp³-hybridized carbons (Fsp3) is 0.931. The van der Waals surface area contributed by atoms with Crippen LogP contribution >= 0.6 is 0 Å². The lowest BCUT2D eigenvalue weighted by Gasteiger charge is -2.39. The standard InChI is InChI=1S/C29H54O10/c1-3-5-6-7-8-9-10-11-12-13-14-15-16-18-25(32)38-22(20-36-24(31)17-4-2)21-37-29-28(35)27(34)26(33)23(19-30)39-29/h22-23,26-30,33-35H,3-21H2,1-2H3/t22-,23-,26+,27+,28-,29-/m1/s1. The molecule has 6 atom stereocenters. The second kappa shape index (κ2) is 22.4. The second-order valence-electron chi connectivity index (χ2n) is 10.6. The van der Waals surface area contributed by atoms with Crippen LogP contribution in [0.4, 0.5) is 0 Å². The Balaban J connectivity index is 2.33. The van der Waals surface area contributed by atoms with Crippen LogP contribution in [0.1, 0.15) is 117 Å². The molecule has 0 aromatic carbocycles. The molecule has 4 N–H and O–H groups in total. The van der Waals surface area contributed by atoms with Crippen molar-refractivity contribution in [3.63, 3.8) is 0 Å². The minimum atomic E-state index is -1.58. The molecule has 230 valence electrons. The minimum absolute atomic E-state index is 0.222. The molecule has 1 rings (SSSR count). The van der Waals surface area contributed by atoms with Crippen LogP contribution in [0, 0.1) is 0 Å². The van der Waals surface area contributed by atoms with Crippen molar-refractivity contribution in [1.82, 2.24) is 0 Å². The van der Waals surface area contributed by atoms with E-state index < -0.39 is 55.4 Å². The van der Waals surface area contributed by atoms with Gasteiger partial charge in [0.15, 0.2) is 12.4 Å². The average molecular weight is 563 g/mol. The smallest absolute Gasteiger partial charge is 0.306 e. The number of hydrogen-bond donors (Lipinski definition) is 4. The molecular weight excluding hydrogens is 508 g/mol. The van der Waals surface area contributed by atoms with Crippen molar-refractivity contribution in [2.24, 2.45) is 0 Å². The van der Waals surface area contributed by atoms with Gasteiger partial charge in [-0.3, -0.25) is 9.59 Å². The first kappa shape index (κ1) is 35.7. The quantitative estimate of drug-likeness (QED) is 0.107. The van der Waals surface area contributed by atoms with Crippen LogP contribution in [0.15, 0.2) is 0 Å². The molecule has 0 radical (unpaired) electrons. The Bertz CT molecular complexity index is 629. The average Bonchev–Trinajstić information content (AvgIpc) is 2.92. The molecule has 0 unspecified atom stereocenters. The largest absolute Gasteiger partial charge is 0.462 e. The Kier molecular flexibility index (Phi) is 20.5. The lowest BCUT2D eigenvalue weighted by Crippen LogP contribution is -2.59. The summed E-state index contributed by atoms with van der Waals surface area (Å²) in [6, 6.07) is 0. The minimum Gasteiger partial charge on any atom is -0.462 e. The normalized spacial score (nSPS) is 23.9. The first-order chi connectivity index (χ1) is 18.8. The van der Waals surface area contributed by atoms with Gasteiger partial charge in [-0.25, -0.2) is 0 Å². The summed E-state index contributed by atoms with van der Waals surface area (Å²) in [6.45, 7) is 3.00. The summed E-state index contributed by atoms with van der Waals surface area (Å²) >= 11 is 0. The number of aliphatic hydroxyl groups excluding tert-OH is 4. The monoisotopic (exact) mass is 562 g/mol. The van der Waals surface area contributed by atoms with Crippen LogP contribution in [-0.2, 0) is 28.5 Å². The zero-order valence-electron chi connectivity index (χ0n) is 24.1. The molecule has 0 aromatic heterocycles. The van der Waals surface area contributed by atoms with E-state index in [1.54, 1.807) is 0 Å². The third kappa shape index (κ3) is 15.9.